The summed E-state index contributed by atoms with van der Waals surface area (Å²) in [4.78, 5) is 31.2. The van der Waals surface area contributed by atoms with Crippen LogP contribution in [0.15, 0.2) is 48.5 Å². The van der Waals surface area contributed by atoms with Crippen molar-refractivity contribution in [3.05, 3.63) is 71.0 Å². The van der Waals surface area contributed by atoms with Gasteiger partial charge in [-0.25, -0.2) is 9.18 Å². The van der Waals surface area contributed by atoms with Crippen molar-refractivity contribution in [2.45, 2.75) is 32.4 Å². The fourth-order valence-electron chi connectivity index (χ4n) is 4.24. The summed E-state index contributed by atoms with van der Waals surface area (Å²) in [6.07, 6.45) is 1.60. The van der Waals surface area contributed by atoms with Gasteiger partial charge in [0.25, 0.3) is 5.91 Å². The van der Waals surface area contributed by atoms with Crippen LogP contribution in [0.25, 0.3) is 0 Å². The average Bonchev–Trinajstić information content (AvgIpc) is 3.09. The third-order valence-electron chi connectivity index (χ3n) is 5.87. The van der Waals surface area contributed by atoms with E-state index in [0.717, 1.165) is 29.5 Å². The molecule has 0 N–H and O–H groups in total. The first-order valence-electron chi connectivity index (χ1n) is 10.2. The van der Waals surface area contributed by atoms with E-state index in [2.05, 4.69) is 0 Å². The second kappa shape index (κ2) is 8.23. The van der Waals surface area contributed by atoms with Crippen molar-refractivity contribution in [2.24, 2.45) is 0 Å². The monoisotopic (exact) mass is 395 g/mol. The zero-order valence-corrected chi connectivity index (χ0v) is 16.7. The van der Waals surface area contributed by atoms with Crippen LogP contribution in [-0.2, 0) is 6.54 Å². The van der Waals surface area contributed by atoms with Gasteiger partial charge in [-0.05, 0) is 49.6 Å². The molecule has 0 aromatic heterocycles. The highest BCUT2D eigenvalue weighted by Gasteiger charge is 2.36. The van der Waals surface area contributed by atoms with Crippen molar-refractivity contribution in [3.63, 3.8) is 0 Å². The molecule has 2 aromatic carbocycles. The largest absolute Gasteiger partial charge is 0.338 e. The summed E-state index contributed by atoms with van der Waals surface area (Å²) in [6.45, 7) is 5.20. The minimum absolute atomic E-state index is 0.0396. The van der Waals surface area contributed by atoms with Crippen LogP contribution in [0.2, 0.25) is 0 Å². The summed E-state index contributed by atoms with van der Waals surface area (Å²) in [7, 11) is 0. The van der Waals surface area contributed by atoms with Gasteiger partial charge in [-0.2, -0.15) is 0 Å². The number of benzene rings is 2. The number of hydrogen-bond donors (Lipinski definition) is 0. The fraction of sp³-hybridized carbons (Fsp3) is 0.391. The lowest BCUT2D eigenvalue weighted by Crippen LogP contribution is -2.48. The minimum Gasteiger partial charge on any atom is -0.338 e. The number of urea groups is 1. The molecule has 2 aliphatic rings. The zero-order valence-electron chi connectivity index (χ0n) is 16.7. The SMILES string of the molecule is Cc1cccc(C(=O)N2CCC(N3CCN(Cc4ccc(F)cc4)C3=O)CC2)c1. The fourth-order valence-corrected chi connectivity index (χ4v) is 4.24. The molecule has 2 aromatic rings. The Bertz CT molecular complexity index is 891. The number of carbonyl (C=O) groups excluding carboxylic acids is 2. The molecule has 3 amide bonds. The lowest BCUT2D eigenvalue weighted by Gasteiger charge is -2.36. The number of nitrogens with zero attached hydrogens (tertiary/aromatic N) is 3. The summed E-state index contributed by atoms with van der Waals surface area (Å²) in [5.74, 6) is -0.201. The van der Waals surface area contributed by atoms with Gasteiger partial charge in [0.2, 0.25) is 0 Å². The molecule has 152 valence electrons. The summed E-state index contributed by atoms with van der Waals surface area (Å²) in [5.41, 5.74) is 2.74. The quantitative estimate of drug-likeness (QED) is 0.793. The van der Waals surface area contributed by atoms with Crippen molar-refractivity contribution in [2.75, 3.05) is 26.2 Å². The number of likely N-dealkylation sites (tertiary alicyclic amines) is 1. The van der Waals surface area contributed by atoms with E-state index >= 15 is 0 Å². The smallest absolute Gasteiger partial charge is 0.320 e. The van der Waals surface area contributed by atoms with Crippen LogP contribution in [0, 0.1) is 12.7 Å². The first-order valence-corrected chi connectivity index (χ1v) is 10.2. The highest BCUT2D eigenvalue weighted by atomic mass is 19.1. The Hall–Kier alpha value is -2.89. The maximum Gasteiger partial charge on any atom is 0.320 e. The van der Waals surface area contributed by atoms with Gasteiger partial charge in [0.1, 0.15) is 5.82 Å². The van der Waals surface area contributed by atoms with Gasteiger partial charge in [-0.15, -0.1) is 0 Å². The molecule has 29 heavy (non-hydrogen) atoms. The molecule has 0 aliphatic carbocycles. The van der Waals surface area contributed by atoms with Crippen LogP contribution in [-0.4, -0.2) is 58.9 Å². The Morgan fingerprint density at radius 1 is 1.03 bits per heavy atom. The molecular formula is C23H26FN3O2. The molecule has 2 aliphatic heterocycles. The van der Waals surface area contributed by atoms with Crippen molar-refractivity contribution in [1.29, 1.82) is 0 Å². The molecule has 0 radical (unpaired) electrons. The van der Waals surface area contributed by atoms with Crippen LogP contribution < -0.4 is 0 Å². The Kier molecular flexibility index (Phi) is 5.51. The third-order valence-corrected chi connectivity index (χ3v) is 5.87. The number of aryl methyl sites for hydroxylation is 1. The highest BCUT2D eigenvalue weighted by molar-refractivity contribution is 5.94. The lowest BCUT2D eigenvalue weighted by atomic mass is 10.0. The number of piperidine rings is 1. The van der Waals surface area contributed by atoms with E-state index in [1.54, 1.807) is 12.1 Å². The molecule has 2 saturated heterocycles. The Balaban J connectivity index is 1.32. The third kappa shape index (κ3) is 4.26. The van der Waals surface area contributed by atoms with Crippen molar-refractivity contribution in [1.82, 2.24) is 14.7 Å². The predicted molar refractivity (Wildman–Crippen MR) is 109 cm³/mol. The molecule has 4 rings (SSSR count). The standard InChI is InChI=1S/C23H26FN3O2/c1-17-3-2-4-19(15-17)22(28)25-11-9-21(10-12-25)27-14-13-26(23(27)29)16-18-5-7-20(24)8-6-18/h2-8,15,21H,9-14,16H2,1H3. The second-order valence-electron chi connectivity index (χ2n) is 7.92. The van der Waals surface area contributed by atoms with Crippen LogP contribution in [0.1, 0.15) is 34.3 Å². The second-order valence-corrected chi connectivity index (χ2v) is 7.92. The van der Waals surface area contributed by atoms with E-state index in [-0.39, 0.29) is 23.8 Å². The average molecular weight is 395 g/mol. The molecule has 0 bridgehead atoms. The summed E-state index contributed by atoms with van der Waals surface area (Å²) < 4.78 is 13.1. The van der Waals surface area contributed by atoms with Crippen LogP contribution in [0.4, 0.5) is 9.18 Å². The lowest BCUT2D eigenvalue weighted by molar-refractivity contribution is 0.0663. The van der Waals surface area contributed by atoms with Gasteiger partial charge in [0.15, 0.2) is 0 Å². The normalized spacial score (nSPS) is 17.9. The number of halogens is 1. The summed E-state index contributed by atoms with van der Waals surface area (Å²) >= 11 is 0. The van der Waals surface area contributed by atoms with E-state index < -0.39 is 0 Å². The van der Waals surface area contributed by atoms with Gasteiger partial charge in [0.05, 0.1) is 0 Å². The Morgan fingerprint density at radius 3 is 2.45 bits per heavy atom. The van der Waals surface area contributed by atoms with E-state index in [0.29, 0.717) is 32.7 Å². The molecule has 5 nitrogen and oxygen atoms in total. The van der Waals surface area contributed by atoms with E-state index in [1.165, 1.54) is 12.1 Å². The number of amides is 3. The first kappa shape index (κ1) is 19.4. The van der Waals surface area contributed by atoms with Gasteiger partial charge >= 0.3 is 6.03 Å². The van der Waals surface area contributed by atoms with E-state index in [4.69, 9.17) is 0 Å². The number of hydrogen-bond acceptors (Lipinski definition) is 2. The van der Waals surface area contributed by atoms with Crippen molar-refractivity contribution >= 4 is 11.9 Å². The van der Waals surface area contributed by atoms with Gasteiger partial charge in [-0.3, -0.25) is 4.79 Å². The maximum atomic E-state index is 13.1. The molecule has 0 spiro atoms. The molecule has 0 unspecified atom stereocenters. The maximum absolute atomic E-state index is 13.1. The zero-order chi connectivity index (χ0) is 20.4. The van der Waals surface area contributed by atoms with Crippen LogP contribution in [0.3, 0.4) is 0 Å². The van der Waals surface area contributed by atoms with Gasteiger partial charge in [0, 0.05) is 44.3 Å². The molecule has 2 heterocycles. The van der Waals surface area contributed by atoms with Gasteiger partial charge in [-0.1, -0.05) is 29.8 Å². The first-order chi connectivity index (χ1) is 14.0. The van der Waals surface area contributed by atoms with Gasteiger partial charge < -0.3 is 14.7 Å². The number of rotatable bonds is 4. The topological polar surface area (TPSA) is 43.9 Å². The number of carbonyl (C=O) groups is 2. The molecule has 0 atom stereocenters. The van der Waals surface area contributed by atoms with E-state index in [9.17, 15) is 14.0 Å². The van der Waals surface area contributed by atoms with Crippen LogP contribution >= 0.6 is 0 Å². The summed E-state index contributed by atoms with van der Waals surface area (Å²) in [5, 5.41) is 0. The van der Waals surface area contributed by atoms with Crippen molar-refractivity contribution < 1.29 is 14.0 Å². The summed E-state index contributed by atoms with van der Waals surface area (Å²) in [6, 6.07) is 14.2. The molecular weight excluding hydrogens is 369 g/mol. The molecule has 0 saturated carbocycles. The molecule has 2 fully saturated rings. The Labute approximate surface area is 170 Å². The minimum atomic E-state index is -0.268. The Morgan fingerprint density at radius 2 is 1.76 bits per heavy atom. The predicted octanol–water partition coefficient (Wildman–Crippen LogP) is 3.68. The molecule has 6 heteroatoms. The van der Waals surface area contributed by atoms with Crippen molar-refractivity contribution in [3.8, 4) is 0 Å². The van der Waals surface area contributed by atoms with Crippen LogP contribution in [0.5, 0.6) is 0 Å². The highest BCUT2D eigenvalue weighted by Crippen LogP contribution is 2.24. The van der Waals surface area contributed by atoms with E-state index in [1.807, 2.05) is 45.9 Å².